The number of aliphatic hydroxyl groups excluding tert-OH is 7. The van der Waals surface area contributed by atoms with E-state index in [0.717, 1.165) is 5.56 Å². The molecule has 2 heterocycles. The number of aliphatic hydroxyl groups is 7. The summed E-state index contributed by atoms with van der Waals surface area (Å²) >= 11 is 0. The van der Waals surface area contributed by atoms with Crippen molar-refractivity contribution in [3.05, 3.63) is 42.0 Å². The second kappa shape index (κ2) is 11.6. The van der Waals surface area contributed by atoms with Gasteiger partial charge in [-0.15, -0.1) is 0 Å². The Labute approximate surface area is 184 Å². The van der Waals surface area contributed by atoms with Crippen molar-refractivity contribution in [1.82, 2.24) is 0 Å². The quantitative estimate of drug-likeness (QED) is 0.216. The van der Waals surface area contributed by atoms with E-state index in [4.69, 9.17) is 18.9 Å². The van der Waals surface area contributed by atoms with Gasteiger partial charge < -0.3 is 54.7 Å². The summed E-state index contributed by atoms with van der Waals surface area (Å²) in [5.41, 5.74) is 0.929. The summed E-state index contributed by atoms with van der Waals surface area (Å²) in [6, 6.07) is 9.41. The van der Waals surface area contributed by atoms with E-state index >= 15 is 0 Å². The van der Waals surface area contributed by atoms with E-state index in [1.165, 1.54) is 0 Å². The Morgan fingerprint density at radius 3 is 1.97 bits per heavy atom. The minimum Gasteiger partial charge on any atom is -0.394 e. The first-order chi connectivity index (χ1) is 15.4. The van der Waals surface area contributed by atoms with Crippen molar-refractivity contribution in [1.29, 1.82) is 0 Å². The largest absolute Gasteiger partial charge is 0.394 e. The summed E-state index contributed by atoms with van der Waals surface area (Å²) in [7, 11) is 0. The molecule has 7 N–H and O–H groups in total. The van der Waals surface area contributed by atoms with Crippen LogP contribution in [0.2, 0.25) is 0 Å². The molecule has 0 aliphatic carbocycles. The summed E-state index contributed by atoms with van der Waals surface area (Å²) in [4.78, 5) is 0. The maximum Gasteiger partial charge on any atom is 0.187 e. The molecule has 1 aromatic carbocycles. The summed E-state index contributed by atoms with van der Waals surface area (Å²) < 4.78 is 22.0. The van der Waals surface area contributed by atoms with E-state index in [-0.39, 0.29) is 6.61 Å². The van der Waals surface area contributed by atoms with Crippen LogP contribution in [0.4, 0.5) is 0 Å². The number of benzene rings is 1. The average Bonchev–Trinajstić information content (AvgIpc) is 2.81. The Morgan fingerprint density at radius 1 is 0.750 bits per heavy atom. The van der Waals surface area contributed by atoms with Crippen LogP contribution in [0.25, 0.3) is 6.08 Å². The van der Waals surface area contributed by atoms with Crippen LogP contribution in [-0.4, -0.2) is 117 Å². The van der Waals surface area contributed by atoms with Gasteiger partial charge in [-0.25, -0.2) is 0 Å². The third-order valence-corrected chi connectivity index (χ3v) is 5.43. The molecular weight excluding hydrogens is 428 g/mol. The van der Waals surface area contributed by atoms with Crippen molar-refractivity contribution in [2.45, 2.75) is 61.4 Å². The molecular formula is C21H30O11. The maximum absolute atomic E-state index is 10.5. The molecule has 10 atom stereocenters. The van der Waals surface area contributed by atoms with Gasteiger partial charge in [0.15, 0.2) is 12.6 Å². The molecule has 0 aromatic heterocycles. The summed E-state index contributed by atoms with van der Waals surface area (Å²) in [5, 5.41) is 69.6. The zero-order valence-corrected chi connectivity index (χ0v) is 17.2. The monoisotopic (exact) mass is 458 g/mol. The van der Waals surface area contributed by atoms with Crippen LogP contribution in [0.5, 0.6) is 0 Å². The van der Waals surface area contributed by atoms with Gasteiger partial charge in [0.2, 0.25) is 0 Å². The Kier molecular flexibility index (Phi) is 9.11. The van der Waals surface area contributed by atoms with E-state index in [1.807, 2.05) is 30.3 Å². The first-order valence-electron chi connectivity index (χ1n) is 10.3. The van der Waals surface area contributed by atoms with Crippen molar-refractivity contribution in [3.63, 3.8) is 0 Å². The molecule has 0 amide bonds. The number of rotatable bonds is 8. The second-order valence-electron chi connectivity index (χ2n) is 7.65. The molecule has 0 unspecified atom stereocenters. The smallest absolute Gasteiger partial charge is 0.187 e. The van der Waals surface area contributed by atoms with E-state index in [2.05, 4.69) is 0 Å². The SMILES string of the molecule is OC[C@H]1O[C@@H](O[C@H]2[C@H](OC/C=C/c3ccccc3)O[C@H](CO)[C@@H](O)[C@@H]2O)[C@H](O)[C@@H](O)[C@@H]1O. The summed E-state index contributed by atoms with van der Waals surface area (Å²) in [6.45, 7) is -1.23. The molecule has 11 heteroatoms. The van der Waals surface area contributed by atoms with Gasteiger partial charge in [0.1, 0.15) is 48.8 Å². The van der Waals surface area contributed by atoms with Gasteiger partial charge in [0.05, 0.1) is 19.8 Å². The highest BCUT2D eigenvalue weighted by Crippen LogP contribution is 2.29. The Hall–Kier alpha value is -1.48. The third-order valence-electron chi connectivity index (χ3n) is 5.43. The fourth-order valence-electron chi connectivity index (χ4n) is 3.57. The molecule has 2 saturated heterocycles. The van der Waals surface area contributed by atoms with Crippen LogP contribution in [0.15, 0.2) is 36.4 Å². The zero-order chi connectivity index (χ0) is 23.3. The Bertz CT molecular complexity index is 715. The van der Waals surface area contributed by atoms with Crippen LogP contribution in [-0.2, 0) is 18.9 Å². The van der Waals surface area contributed by atoms with Gasteiger partial charge in [0, 0.05) is 0 Å². The van der Waals surface area contributed by atoms with Crippen molar-refractivity contribution in [2.24, 2.45) is 0 Å². The summed E-state index contributed by atoms with van der Waals surface area (Å²) in [5.74, 6) is 0. The predicted molar refractivity (Wildman–Crippen MR) is 108 cm³/mol. The lowest BCUT2D eigenvalue weighted by atomic mass is 9.97. The normalized spacial score (nSPS) is 40.6. The van der Waals surface area contributed by atoms with Crippen LogP contribution in [0.3, 0.4) is 0 Å². The van der Waals surface area contributed by atoms with Gasteiger partial charge >= 0.3 is 0 Å². The van der Waals surface area contributed by atoms with E-state index in [0.29, 0.717) is 0 Å². The third kappa shape index (κ3) is 5.71. The van der Waals surface area contributed by atoms with Crippen molar-refractivity contribution in [2.75, 3.05) is 19.8 Å². The average molecular weight is 458 g/mol. The molecule has 1 aromatic rings. The van der Waals surface area contributed by atoms with Gasteiger partial charge in [0.25, 0.3) is 0 Å². The summed E-state index contributed by atoms with van der Waals surface area (Å²) in [6.07, 6.45) is -11.2. The lowest BCUT2D eigenvalue weighted by Crippen LogP contribution is -2.64. The number of ether oxygens (including phenoxy) is 4. The molecule has 2 aliphatic rings. The topological polar surface area (TPSA) is 179 Å². The molecule has 0 bridgehead atoms. The first kappa shape index (κ1) is 25.1. The molecule has 0 spiro atoms. The molecule has 32 heavy (non-hydrogen) atoms. The minimum absolute atomic E-state index is 0.0229. The van der Waals surface area contributed by atoms with Crippen LogP contribution < -0.4 is 0 Å². The number of hydrogen-bond acceptors (Lipinski definition) is 11. The van der Waals surface area contributed by atoms with Gasteiger partial charge in [-0.2, -0.15) is 0 Å². The highest BCUT2D eigenvalue weighted by atomic mass is 16.8. The second-order valence-corrected chi connectivity index (χ2v) is 7.65. The Morgan fingerprint density at radius 2 is 1.34 bits per heavy atom. The molecule has 11 nitrogen and oxygen atoms in total. The lowest BCUT2D eigenvalue weighted by molar-refractivity contribution is -0.366. The molecule has 0 saturated carbocycles. The minimum atomic E-state index is -1.72. The number of hydrogen-bond donors (Lipinski definition) is 7. The fraction of sp³-hybridized carbons (Fsp3) is 0.619. The van der Waals surface area contributed by atoms with Crippen LogP contribution in [0.1, 0.15) is 5.56 Å². The van der Waals surface area contributed by atoms with Gasteiger partial charge in [-0.3, -0.25) is 0 Å². The van der Waals surface area contributed by atoms with Crippen molar-refractivity contribution >= 4 is 6.08 Å². The molecule has 2 fully saturated rings. The molecule has 2 aliphatic heterocycles. The molecule has 3 rings (SSSR count). The van der Waals surface area contributed by atoms with Crippen LogP contribution >= 0.6 is 0 Å². The van der Waals surface area contributed by atoms with E-state index in [9.17, 15) is 35.7 Å². The first-order valence-corrected chi connectivity index (χ1v) is 10.3. The highest BCUT2D eigenvalue weighted by Gasteiger charge is 2.50. The standard InChI is InChI=1S/C21H30O11/c22-9-12-14(24)16(26)18(28)20(30-12)32-19-17(27)15(25)13(10-23)31-21(19)29-8-4-7-11-5-2-1-3-6-11/h1-7,12-28H,8-10H2/b7-4+/t12-,13-,14-,15-,16+,17+,18-,19-,20+,21-/m1/s1. The lowest BCUT2D eigenvalue weighted by Gasteiger charge is -2.45. The highest BCUT2D eigenvalue weighted by molar-refractivity contribution is 5.48. The maximum atomic E-state index is 10.5. The zero-order valence-electron chi connectivity index (χ0n) is 17.2. The van der Waals surface area contributed by atoms with E-state index in [1.54, 1.807) is 12.2 Å². The van der Waals surface area contributed by atoms with Crippen molar-refractivity contribution < 1.29 is 54.7 Å². The Balaban J connectivity index is 1.70. The van der Waals surface area contributed by atoms with Gasteiger partial charge in [-0.05, 0) is 5.56 Å². The van der Waals surface area contributed by atoms with Gasteiger partial charge in [-0.1, -0.05) is 42.5 Å². The fourth-order valence-corrected chi connectivity index (χ4v) is 3.57. The van der Waals surface area contributed by atoms with E-state index < -0.39 is 74.6 Å². The van der Waals surface area contributed by atoms with Crippen LogP contribution in [0, 0.1) is 0 Å². The predicted octanol–water partition coefficient (Wildman–Crippen LogP) is -2.66. The molecule has 180 valence electrons. The van der Waals surface area contributed by atoms with Crippen molar-refractivity contribution in [3.8, 4) is 0 Å². The molecule has 0 radical (unpaired) electrons.